The summed E-state index contributed by atoms with van der Waals surface area (Å²) in [5.74, 6) is 0.273. The van der Waals surface area contributed by atoms with E-state index in [1.54, 1.807) is 18.7 Å². The van der Waals surface area contributed by atoms with Crippen molar-refractivity contribution in [2.45, 2.75) is 50.3 Å². The first-order chi connectivity index (χ1) is 17.0. The summed E-state index contributed by atoms with van der Waals surface area (Å²) < 4.78 is 10.8. The predicted octanol–water partition coefficient (Wildman–Crippen LogP) is 6.09. The van der Waals surface area contributed by atoms with Crippen molar-refractivity contribution >= 4 is 23.8 Å². The molecule has 3 rings (SSSR count). The highest BCUT2D eigenvalue weighted by atomic mass is 32.2. The van der Waals surface area contributed by atoms with Crippen molar-refractivity contribution in [1.29, 1.82) is 0 Å². The summed E-state index contributed by atoms with van der Waals surface area (Å²) in [4.78, 5) is 25.6. The van der Waals surface area contributed by atoms with E-state index < -0.39 is 18.1 Å². The molecule has 0 unspecified atom stereocenters. The Morgan fingerprint density at radius 3 is 2.09 bits per heavy atom. The fourth-order valence-corrected chi connectivity index (χ4v) is 4.87. The number of nitrogens with one attached hydrogen (secondary N) is 1. The average molecular weight is 492 g/mol. The maximum atomic E-state index is 13.0. The minimum Gasteiger partial charge on any atom is -0.464 e. The van der Waals surface area contributed by atoms with E-state index >= 15 is 0 Å². The van der Waals surface area contributed by atoms with E-state index in [0.717, 1.165) is 17.7 Å². The third-order valence-corrected chi connectivity index (χ3v) is 6.98. The summed E-state index contributed by atoms with van der Waals surface area (Å²) in [6, 6.07) is 27.1. The average Bonchev–Trinajstić information content (AvgIpc) is 2.89. The molecule has 35 heavy (non-hydrogen) atoms. The van der Waals surface area contributed by atoms with E-state index in [1.807, 2.05) is 48.5 Å². The van der Waals surface area contributed by atoms with E-state index in [2.05, 4.69) is 48.6 Å². The lowest BCUT2D eigenvalue weighted by atomic mass is 10.0. The maximum Gasteiger partial charge on any atom is 0.408 e. The second-order valence-electron chi connectivity index (χ2n) is 8.30. The summed E-state index contributed by atoms with van der Waals surface area (Å²) in [5, 5.41) is 2.60. The lowest BCUT2D eigenvalue weighted by molar-refractivity contribution is -0.145. The van der Waals surface area contributed by atoms with Gasteiger partial charge in [-0.1, -0.05) is 90.5 Å². The number of hydrogen-bond acceptors (Lipinski definition) is 5. The standard InChI is InChI=1S/C29H33NO4S/c1-3-33-28(31)27(30-29(32)34-20-24-12-8-5-9-13-24)26(19-18-23-10-6-4-7-11-23)35-21-25-16-14-22(2)15-17-25/h4-17,26-27H,3,18-21H2,1-2H3,(H,30,32)/t26-,27+/m1/s1. The second-order valence-corrected chi connectivity index (χ2v) is 9.52. The predicted molar refractivity (Wildman–Crippen MR) is 141 cm³/mol. The van der Waals surface area contributed by atoms with Crippen LogP contribution in [0.2, 0.25) is 0 Å². The van der Waals surface area contributed by atoms with Crippen molar-refractivity contribution in [1.82, 2.24) is 5.32 Å². The third kappa shape index (κ3) is 9.13. The number of amides is 1. The van der Waals surface area contributed by atoms with Gasteiger partial charge in [-0.25, -0.2) is 9.59 Å². The summed E-state index contributed by atoms with van der Waals surface area (Å²) >= 11 is 1.65. The van der Waals surface area contributed by atoms with Gasteiger partial charge in [0.05, 0.1) is 6.61 Å². The topological polar surface area (TPSA) is 64.6 Å². The van der Waals surface area contributed by atoms with E-state index in [4.69, 9.17) is 9.47 Å². The lowest BCUT2D eigenvalue weighted by Crippen LogP contribution is -2.48. The number of rotatable bonds is 12. The fraction of sp³-hybridized carbons (Fsp3) is 0.310. The number of carbonyl (C=O) groups is 2. The molecule has 184 valence electrons. The normalized spacial score (nSPS) is 12.4. The van der Waals surface area contributed by atoms with Crippen molar-refractivity contribution < 1.29 is 19.1 Å². The molecule has 1 N–H and O–H groups in total. The molecule has 0 heterocycles. The van der Waals surface area contributed by atoms with E-state index in [-0.39, 0.29) is 18.5 Å². The van der Waals surface area contributed by atoms with Gasteiger partial charge in [-0.15, -0.1) is 0 Å². The molecule has 0 saturated heterocycles. The smallest absolute Gasteiger partial charge is 0.408 e. The van der Waals surface area contributed by atoms with Crippen LogP contribution in [0.25, 0.3) is 0 Å². The molecular formula is C29H33NO4S. The number of ether oxygens (including phenoxy) is 2. The van der Waals surface area contributed by atoms with Crippen LogP contribution in [0.3, 0.4) is 0 Å². The zero-order valence-electron chi connectivity index (χ0n) is 20.3. The lowest BCUT2D eigenvalue weighted by Gasteiger charge is -2.26. The highest BCUT2D eigenvalue weighted by Gasteiger charge is 2.32. The molecule has 0 spiro atoms. The van der Waals surface area contributed by atoms with Crippen LogP contribution in [0.5, 0.6) is 0 Å². The third-order valence-electron chi connectivity index (χ3n) is 5.54. The van der Waals surface area contributed by atoms with Crippen LogP contribution in [-0.2, 0) is 33.0 Å². The van der Waals surface area contributed by atoms with Crippen LogP contribution < -0.4 is 5.32 Å². The Morgan fingerprint density at radius 2 is 1.46 bits per heavy atom. The number of aryl methyl sites for hydroxylation is 2. The summed E-state index contributed by atoms with van der Waals surface area (Å²) in [7, 11) is 0. The van der Waals surface area contributed by atoms with Gasteiger partial charge in [-0.2, -0.15) is 11.8 Å². The number of carbonyl (C=O) groups excluding carboxylic acids is 2. The largest absolute Gasteiger partial charge is 0.464 e. The van der Waals surface area contributed by atoms with Crippen molar-refractivity contribution in [2.24, 2.45) is 0 Å². The summed E-state index contributed by atoms with van der Waals surface area (Å²) in [6.07, 6.45) is 0.846. The Balaban J connectivity index is 1.72. The van der Waals surface area contributed by atoms with Crippen molar-refractivity contribution in [3.8, 4) is 0 Å². The first-order valence-corrected chi connectivity index (χ1v) is 12.9. The summed E-state index contributed by atoms with van der Waals surface area (Å²) in [6.45, 7) is 4.19. The van der Waals surface area contributed by atoms with Gasteiger partial charge in [0.2, 0.25) is 0 Å². The van der Waals surface area contributed by atoms with Crippen LogP contribution in [0.4, 0.5) is 4.79 Å². The molecule has 0 aliphatic heterocycles. The van der Waals surface area contributed by atoms with Crippen LogP contribution in [0, 0.1) is 6.92 Å². The summed E-state index contributed by atoms with van der Waals surface area (Å²) in [5.41, 5.74) is 4.43. The van der Waals surface area contributed by atoms with Gasteiger partial charge < -0.3 is 14.8 Å². The molecule has 3 aromatic rings. The van der Waals surface area contributed by atoms with Gasteiger partial charge >= 0.3 is 12.1 Å². The zero-order chi connectivity index (χ0) is 24.9. The SMILES string of the molecule is CCOC(=O)[C@@H](NC(=O)OCc1ccccc1)[C@@H](CCc1ccccc1)SCc1ccc(C)cc1. The second kappa shape index (κ2) is 14.2. The van der Waals surface area contributed by atoms with Crippen molar-refractivity contribution in [3.05, 3.63) is 107 Å². The molecule has 5 nitrogen and oxygen atoms in total. The first kappa shape index (κ1) is 26.4. The Kier molecular flexibility index (Phi) is 10.7. The molecule has 0 fully saturated rings. The highest BCUT2D eigenvalue weighted by Crippen LogP contribution is 2.26. The van der Waals surface area contributed by atoms with Crippen molar-refractivity contribution in [2.75, 3.05) is 6.61 Å². The maximum absolute atomic E-state index is 13.0. The first-order valence-electron chi connectivity index (χ1n) is 11.9. The Labute approximate surface area is 212 Å². The molecule has 2 atom stereocenters. The zero-order valence-corrected chi connectivity index (χ0v) is 21.1. The Bertz CT molecular complexity index is 1040. The monoisotopic (exact) mass is 491 g/mol. The number of hydrogen-bond donors (Lipinski definition) is 1. The highest BCUT2D eigenvalue weighted by molar-refractivity contribution is 7.99. The van der Waals surface area contributed by atoms with E-state index in [1.165, 1.54) is 16.7 Å². The minimum absolute atomic E-state index is 0.132. The molecule has 0 saturated carbocycles. The van der Waals surface area contributed by atoms with Gasteiger partial charge in [-0.05, 0) is 43.4 Å². The molecule has 0 aliphatic rings. The van der Waals surface area contributed by atoms with Crippen LogP contribution in [-0.4, -0.2) is 30.0 Å². The number of alkyl carbamates (subject to hydrolysis) is 1. The Morgan fingerprint density at radius 1 is 0.829 bits per heavy atom. The van der Waals surface area contributed by atoms with E-state index in [0.29, 0.717) is 6.42 Å². The molecule has 0 radical (unpaired) electrons. The van der Waals surface area contributed by atoms with Gasteiger partial charge in [0, 0.05) is 11.0 Å². The molecule has 1 amide bonds. The minimum atomic E-state index is -0.822. The number of benzene rings is 3. The molecule has 0 aliphatic carbocycles. The Hall–Kier alpha value is -3.25. The quantitative estimate of drug-likeness (QED) is 0.311. The number of esters is 1. The molecule has 0 bridgehead atoms. The molecule has 6 heteroatoms. The number of thioether (sulfide) groups is 1. The van der Waals surface area contributed by atoms with Crippen LogP contribution >= 0.6 is 11.8 Å². The van der Waals surface area contributed by atoms with Gasteiger partial charge in [0.1, 0.15) is 12.6 Å². The molecule has 3 aromatic carbocycles. The van der Waals surface area contributed by atoms with Crippen molar-refractivity contribution in [3.63, 3.8) is 0 Å². The fourth-order valence-electron chi connectivity index (χ4n) is 3.61. The van der Waals surface area contributed by atoms with Gasteiger partial charge in [0.15, 0.2) is 0 Å². The van der Waals surface area contributed by atoms with Gasteiger partial charge in [-0.3, -0.25) is 0 Å². The van der Waals surface area contributed by atoms with Crippen LogP contribution in [0.15, 0.2) is 84.9 Å². The van der Waals surface area contributed by atoms with Crippen LogP contribution in [0.1, 0.15) is 35.6 Å². The molecule has 0 aromatic heterocycles. The van der Waals surface area contributed by atoms with Gasteiger partial charge in [0.25, 0.3) is 0 Å². The van der Waals surface area contributed by atoms with E-state index in [9.17, 15) is 9.59 Å². The molecular weight excluding hydrogens is 458 g/mol.